The summed E-state index contributed by atoms with van der Waals surface area (Å²) in [6, 6.07) is 2.67. The summed E-state index contributed by atoms with van der Waals surface area (Å²) in [5, 5.41) is 3.17. The minimum absolute atomic E-state index is 0.0646. The van der Waals surface area contributed by atoms with Gasteiger partial charge in [-0.25, -0.2) is 0 Å². The summed E-state index contributed by atoms with van der Waals surface area (Å²) in [7, 11) is 1.84. The predicted molar refractivity (Wildman–Crippen MR) is 63.0 cm³/mol. The normalized spacial score (nSPS) is 19.1. The molecule has 0 amide bonds. The SMILES string of the molecule is CNC(c1ccc(C(F)(F)F)cn1)C1CCCC1. The Hall–Kier alpha value is -1.10. The zero-order chi connectivity index (χ0) is 13.2. The van der Waals surface area contributed by atoms with Crippen LogP contribution >= 0.6 is 0 Å². The summed E-state index contributed by atoms with van der Waals surface area (Å²) in [6.45, 7) is 0. The van der Waals surface area contributed by atoms with E-state index in [0.29, 0.717) is 11.6 Å². The summed E-state index contributed by atoms with van der Waals surface area (Å²) in [5.74, 6) is 0.485. The van der Waals surface area contributed by atoms with Gasteiger partial charge in [-0.15, -0.1) is 0 Å². The molecule has 0 saturated heterocycles. The van der Waals surface area contributed by atoms with Crippen LogP contribution in [0.5, 0.6) is 0 Å². The minimum Gasteiger partial charge on any atom is -0.311 e. The van der Waals surface area contributed by atoms with Crippen molar-refractivity contribution in [1.29, 1.82) is 0 Å². The van der Waals surface area contributed by atoms with Gasteiger partial charge < -0.3 is 5.32 Å². The number of aromatic nitrogens is 1. The number of hydrogen-bond donors (Lipinski definition) is 1. The van der Waals surface area contributed by atoms with Crippen molar-refractivity contribution in [2.75, 3.05) is 7.05 Å². The lowest BCUT2D eigenvalue weighted by Gasteiger charge is -2.22. The third kappa shape index (κ3) is 2.83. The Labute approximate surface area is 105 Å². The molecular formula is C13H17F3N2. The van der Waals surface area contributed by atoms with E-state index in [1.54, 1.807) is 0 Å². The van der Waals surface area contributed by atoms with Gasteiger partial charge in [-0.2, -0.15) is 13.2 Å². The number of pyridine rings is 1. The molecule has 1 unspecified atom stereocenters. The van der Waals surface area contributed by atoms with Gasteiger partial charge in [-0.3, -0.25) is 4.98 Å². The molecule has 1 saturated carbocycles. The summed E-state index contributed by atoms with van der Waals surface area (Å²) in [6.07, 6.45) is 1.25. The fraction of sp³-hybridized carbons (Fsp3) is 0.615. The second kappa shape index (κ2) is 5.26. The number of nitrogens with zero attached hydrogens (tertiary/aromatic N) is 1. The molecule has 5 heteroatoms. The minimum atomic E-state index is -4.31. The molecule has 2 nitrogen and oxygen atoms in total. The molecule has 0 aliphatic heterocycles. The van der Waals surface area contributed by atoms with Crippen molar-refractivity contribution in [3.05, 3.63) is 29.6 Å². The smallest absolute Gasteiger partial charge is 0.311 e. The standard InChI is InChI=1S/C13H17F3N2/c1-17-12(9-4-2-3-5-9)11-7-6-10(8-18-11)13(14,15)16/h6-9,12,17H,2-5H2,1H3. The number of halogens is 3. The van der Waals surface area contributed by atoms with Gasteiger partial charge in [0.25, 0.3) is 0 Å². The molecule has 0 spiro atoms. The first kappa shape index (κ1) is 13.3. The van der Waals surface area contributed by atoms with Crippen LogP contribution in [0.15, 0.2) is 18.3 Å². The number of rotatable bonds is 3. The van der Waals surface area contributed by atoms with Crippen LogP contribution in [0.3, 0.4) is 0 Å². The maximum Gasteiger partial charge on any atom is 0.417 e. The lowest BCUT2D eigenvalue weighted by Crippen LogP contribution is -2.24. The van der Waals surface area contributed by atoms with Crippen molar-refractivity contribution in [3.63, 3.8) is 0 Å². The molecule has 0 bridgehead atoms. The number of nitrogens with one attached hydrogen (secondary N) is 1. The lowest BCUT2D eigenvalue weighted by atomic mass is 9.95. The van der Waals surface area contributed by atoms with E-state index in [4.69, 9.17) is 0 Å². The summed E-state index contributed by atoms with van der Waals surface area (Å²) in [4.78, 5) is 3.98. The van der Waals surface area contributed by atoms with E-state index in [2.05, 4.69) is 10.3 Å². The Morgan fingerprint density at radius 2 is 1.94 bits per heavy atom. The Balaban J connectivity index is 2.16. The molecule has 100 valence electrons. The van der Waals surface area contributed by atoms with Gasteiger partial charge in [0.05, 0.1) is 17.3 Å². The van der Waals surface area contributed by atoms with Crippen LogP contribution in [0.2, 0.25) is 0 Å². The Bertz CT molecular complexity index is 380. The molecule has 1 aliphatic rings. The zero-order valence-corrected chi connectivity index (χ0v) is 10.3. The Kier molecular flexibility index (Phi) is 3.90. The van der Waals surface area contributed by atoms with Crippen LogP contribution in [0.1, 0.15) is 43.0 Å². The lowest BCUT2D eigenvalue weighted by molar-refractivity contribution is -0.137. The van der Waals surface area contributed by atoms with Crippen molar-refractivity contribution >= 4 is 0 Å². The van der Waals surface area contributed by atoms with Crippen LogP contribution in [-0.2, 0) is 6.18 Å². The first-order valence-electron chi connectivity index (χ1n) is 6.23. The highest BCUT2D eigenvalue weighted by molar-refractivity contribution is 5.19. The first-order valence-corrected chi connectivity index (χ1v) is 6.23. The molecule has 18 heavy (non-hydrogen) atoms. The van der Waals surface area contributed by atoms with Crippen molar-refractivity contribution in [3.8, 4) is 0 Å². The van der Waals surface area contributed by atoms with Crippen molar-refractivity contribution in [2.45, 2.75) is 37.9 Å². The highest BCUT2D eigenvalue weighted by Crippen LogP contribution is 2.35. The maximum atomic E-state index is 12.4. The molecule has 0 aromatic carbocycles. The zero-order valence-electron chi connectivity index (χ0n) is 10.3. The van der Waals surface area contributed by atoms with Gasteiger partial charge in [0.2, 0.25) is 0 Å². The average molecular weight is 258 g/mol. The van der Waals surface area contributed by atoms with Crippen LogP contribution in [0, 0.1) is 5.92 Å². The first-order chi connectivity index (χ1) is 8.52. The van der Waals surface area contributed by atoms with Crippen molar-refractivity contribution in [2.24, 2.45) is 5.92 Å². The highest BCUT2D eigenvalue weighted by Gasteiger charge is 2.32. The van der Waals surface area contributed by atoms with E-state index in [0.717, 1.165) is 25.1 Å². The van der Waals surface area contributed by atoms with Crippen LogP contribution in [0.25, 0.3) is 0 Å². The molecule has 1 aromatic heterocycles. The second-order valence-electron chi connectivity index (χ2n) is 4.78. The van der Waals surface area contributed by atoms with Crippen molar-refractivity contribution < 1.29 is 13.2 Å². The van der Waals surface area contributed by atoms with Crippen molar-refractivity contribution in [1.82, 2.24) is 10.3 Å². The fourth-order valence-electron chi connectivity index (χ4n) is 2.67. The molecule has 1 heterocycles. The molecule has 0 radical (unpaired) electrons. The van der Waals surface area contributed by atoms with E-state index in [9.17, 15) is 13.2 Å². The summed E-state index contributed by atoms with van der Waals surface area (Å²) >= 11 is 0. The Morgan fingerprint density at radius 1 is 1.28 bits per heavy atom. The monoisotopic (exact) mass is 258 g/mol. The molecular weight excluding hydrogens is 241 g/mol. The third-order valence-corrected chi connectivity index (χ3v) is 3.61. The van der Waals surface area contributed by atoms with Gasteiger partial charge in [0.1, 0.15) is 0 Å². The van der Waals surface area contributed by atoms with E-state index >= 15 is 0 Å². The largest absolute Gasteiger partial charge is 0.417 e. The summed E-state index contributed by atoms with van der Waals surface area (Å²) in [5.41, 5.74) is 0.0184. The molecule has 1 aliphatic carbocycles. The fourth-order valence-corrected chi connectivity index (χ4v) is 2.67. The van der Waals surface area contributed by atoms with Crippen LogP contribution < -0.4 is 5.32 Å². The van der Waals surface area contributed by atoms with Gasteiger partial charge in [-0.05, 0) is 37.9 Å². The maximum absolute atomic E-state index is 12.4. The van der Waals surface area contributed by atoms with Gasteiger partial charge >= 0.3 is 6.18 Å². The molecule has 1 N–H and O–H groups in total. The topological polar surface area (TPSA) is 24.9 Å². The molecule has 1 atom stereocenters. The Morgan fingerprint density at radius 3 is 2.39 bits per heavy atom. The van der Waals surface area contributed by atoms with Gasteiger partial charge in [0.15, 0.2) is 0 Å². The van der Waals surface area contributed by atoms with E-state index in [-0.39, 0.29) is 6.04 Å². The van der Waals surface area contributed by atoms with E-state index < -0.39 is 11.7 Å². The van der Waals surface area contributed by atoms with Gasteiger partial charge in [0, 0.05) is 6.20 Å². The van der Waals surface area contributed by atoms with Crippen LogP contribution in [-0.4, -0.2) is 12.0 Å². The van der Waals surface area contributed by atoms with E-state index in [1.807, 2.05) is 7.05 Å². The molecule has 1 aromatic rings. The second-order valence-corrected chi connectivity index (χ2v) is 4.78. The molecule has 1 fully saturated rings. The number of alkyl halides is 3. The quantitative estimate of drug-likeness (QED) is 0.896. The van der Waals surface area contributed by atoms with Gasteiger partial charge in [-0.1, -0.05) is 12.8 Å². The summed E-state index contributed by atoms with van der Waals surface area (Å²) < 4.78 is 37.3. The number of hydrogen-bond acceptors (Lipinski definition) is 2. The van der Waals surface area contributed by atoms with E-state index in [1.165, 1.54) is 18.9 Å². The average Bonchev–Trinajstić information content (AvgIpc) is 2.83. The molecule has 2 rings (SSSR count). The predicted octanol–water partition coefficient (Wildman–Crippen LogP) is 3.55. The van der Waals surface area contributed by atoms with Crippen LogP contribution in [0.4, 0.5) is 13.2 Å². The third-order valence-electron chi connectivity index (χ3n) is 3.61. The highest BCUT2D eigenvalue weighted by atomic mass is 19.4.